The van der Waals surface area contributed by atoms with Crippen LogP contribution in [0.15, 0.2) is 42.6 Å². The van der Waals surface area contributed by atoms with Gasteiger partial charge in [-0.2, -0.15) is 4.98 Å². The highest BCUT2D eigenvalue weighted by molar-refractivity contribution is 5.88. The Hall–Kier alpha value is -2.89. The second kappa shape index (κ2) is 6.62. The number of allylic oxidation sites excluding steroid dienone is 1. The van der Waals surface area contributed by atoms with Crippen LogP contribution in [0.25, 0.3) is 5.57 Å². The summed E-state index contributed by atoms with van der Waals surface area (Å²) >= 11 is 0. The number of rotatable bonds is 4. The topological polar surface area (TPSA) is 58.6 Å². The number of ether oxygens (including phenoxy) is 1. The van der Waals surface area contributed by atoms with Gasteiger partial charge >= 0.3 is 0 Å². The third-order valence-corrected chi connectivity index (χ3v) is 6.36. The summed E-state index contributed by atoms with van der Waals surface area (Å²) in [6, 6.07) is 10.2. The van der Waals surface area contributed by atoms with E-state index in [1.165, 1.54) is 16.7 Å². The number of aromatic nitrogens is 2. The van der Waals surface area contributed by atoms with Gasteiger partial charge in [-0.3, -0.25) is 4.79 Å². The monoisotopic (exact) mass is 376 g/mol. The van der Waals surface area contributed by atoms with E-state index in [2.05, 4.69) is 45.2 Å². The van der Waals surface area contributed by atoms with Crippen LogP contribution in [0.2, 0.25) is 0 Å². The fourth-order valence-electron chi connectivity index (χ4n) is 4.77. The first kappa shape index (κ1) is 17.2. The Labute approximate surface area is 164 Å². The average Bonchev–Trinajstić information content (AvgIpc) is 3.43. The average molecular weight is 376 g/mol. The Morgan fingerprint density at radius 2 is 2.04 bits per heavy atom. The SMILES string of the molecule is COc1ccnc(N2CC[C@]3(CCN(CC4=CCc5ccccc54)C3=O)C2)n1. The highest BCUT2D eigenvalue weighted by Gasteiger charge is 2.51. The zero-order chi connectivity index (χ0) is 19.1. The lowest BCUT2D eigenvalue weighted by Gasteiger charge is -2.24. The van der Waals surface area contributed by atoms with Crippen molar-refractivity contribution in [1.82, 2.24) is 14.9 Å². The van der Waals surface area contributed by atoms with Gasteiger partial charge in [0.05, 0.1) is 12.5 Å². The molecular weight excluding hydrogens is 352 g/mol. The third kappa shape index (κ3) is 2.75. The van der Waals surface area contributed by atoms with E-state index in [4.69, 9.17) is 4.74 Å². The molecular formula is C22H24N4O2. The summed E-state index contributed by atoms with van der Waals surface area (Å²) < 4.78 is 5.21. The smallest absolute Gasteiger partial charge is 0.231 e. The van der Waals surface area contributed by atoms with E-state index in [0.717, 1.165) is 32.4 Å². The summed E-state index contributed by atoms with van der Waals surface area (Å²) in [4.78, 5) is 26.3. The number of carbonyl (C=O) groups excluding carboxylic acids is 1. The predicted octanol–water partition coefficient (Wildman–Crippen LogP) is 2.55. The van der Waals surface area contributed by atoms with Crippen LogP contribution in [-0.4, -0.2) is 54.1 Å². The Morgan fingerprint density at radius 3 is 2.93 bits per heavy atom. The maximum atomic E-state index is 13.3. The molecule has 0 radical (unpaired) electrons. The van der Waals surface area contributed by atoms with Crippen molar-refractivity contribution >= 4 is 17.4 Å². The molecule has 0 saturated carbocycles. The molecule has 144 valence electrons. The van der Waals surface area contributed by atoms with Crippen molar-refractivity contribution in [2.24, 2.45) is 5.41 Å². The number of anilines is 1. The lowest BCUT2D eigenvalue weighted by molar-refractivity contribution is -0.134. The quantitative estimate of drug-likeness (QED) is 0.821. The molecule has 3 heterocycles. The molecule has 1 aromatic carbocycles. The molecule has 1 spiro atoms. The van der Waals surface area contributed by atoms with E-state index in [0.29, 0.717) is 24.9 Å². The molecule has 28 heavy (non-hydrogen) atoms. The van der Waals surface area contributed by atoms with E-state index < -0.39 is 0 Å². The summed E-state index contributed by atoms with van der Waals surface area (Å²) in [6.45, 7) is 3.03. The molecule has 0 bridgehead atoms. The van der Waals surface area contributed by atoms with Crippen molar-refractivity contribution in [3.8, 4) is 5.88 Å². The van der Waals surface area contributed by atoms with Crippen LogP contribution in [0.4, 0.5) is 5.95 Å². The van der Waals surface area contributed by atoms with Gasteiger partial charge in [0.1, 0.15) is 0 Å². The van der Waals surface area contributed by atoms with Crippen LogP contribution >= 0.6 is 0 Å². The van der Waals surface area contributed by atoms with Crippen molar-refractivity contribution in [3.05, 3.63) is 53.7 Å². The van der Waals surface area contributed by atoms with Gasteiger partial charge in [0.2, 0.25) is 17.7 Å². The Bertz CT molecular complexity index is 957. The largest absolute Gasteiger partial charge is 0.481 e. The molecule has 0 N–H and O–H groups in total. The predicted molar refractivity (Wildman–Crippen MR) is 107 cm³/mol. The number of benzene rings is 1. The fraction of sp³-hybridized carbons (Fsp3) is 0.409. The summed E-state index contributed by atoms with van der Waals surface area (Å²) in [7, 11) is 1.60. The fourth-order valence-corrected chi connectivity index (χ4v) is 4.77. The van der Waals surface area contributed by atoms with Crippen LogP contribution < -0.4 is 9.64 Å². The Morgan fingerprint density at radius 1 is 1.18 bits per heavy atom. The minimum atomic E-state index is -0.300. The van der Waals surface area contributed by atoms with Gasteiger partial charge in [-0.25, -0.2) is 4.98 Å². The van der Waals surface area contributed by atoms with Crippen molar-refractivity contribution < 1.29 is 9.53 Å². The lowest BCUT2D eigenvalue weighted by Crippen LogP contribution is -2.37. The van der Waals surface area contributed by atoms with Crippen molar-refractivity contribution in [2.45, 2.75) is 19.3 Å². The van der Waals surface area contributed by atoms with Gasteiger partial charge in [0.15, 0.2) is 0 Å². The van der Waals surface area contributed by atoms with Crippen LogP contribution in [0.5, 0.6) is 5.88 Å². The normalized spacial score (nSPS) is 23.5. The molecule has 3 aliphatic rings. The van der Waals surface area contributed by atoms with Gasteiger partial charge in [0.25, 0.3) is 0 Å². The highest BCUT2D eigenvalue weighted by atomic mass is 16.5. The van der Waals surface area contributed by atoms with Gasteiger partial charge in [-0.15, -0.1) is 0 Å². The van der Waals surface area contributed by atoms with E-state index in [9.17, 15) is 4.79 Å². The number of hydrogen-bond donors (Lipinski definition) is 0. The van der Waals surface area contributed by atoms with Gasteiger partial charge < -0.3 is 14.5 Å². The summed E-state index contributed by atoms with van der Waals surface area (Å²) in [5, 5.41) is 0. The zero-order valence-electron chi connectivity index (χ0n) is 16.1. The standard InChI is InChI=1S/C22H24N4O2/c1-28-19-8-11-23-21(24-19)26-13-10-22(15-26)9-12-25(20(22)27)14-17-7-6-16-4-2-3-5-18(16)17/h2-5,7-8,11H,6,9-10,12-15H2,1H3/t22-/m1/s1. The molecule has 2 fully saturated rings. The number of fused-ring (bicyclic) bond motifs is 1. The second-order valence-electron chi connectivity index (χ2n) is 7.92. The maximum Gasteiger partial charge on any atom is 0.231 e. The number of likely N-dealkylation sites (tertiary alicyclic amines) is 1. The minimum Gasteiger partial charge on any atom is -0.481 e. The van der Waals surface area contributed by atoms with Crippen molar-refractivity contribution in [3.63, 3.8) is 0 Å². The molecule has 0 unspecified atom stereocenters. The zero-order valence-corrected chi connectivity index (χ0v) is 16.1. The first-order valence-electron chi connectivity index (χ1n) is 9.87. The Kier molecular flexibility index (Phi) is 4.07. The number of amides is 1. The molecule has 6 nitrogen and oxygen atoms in total. The van der Waals surface area contributed by atoms with Crippen LogP contribution in [0, 0.1) is 5.41 Å². The molecule has 1 amide bonds. The lowest BCUT2D eigenvalue weighted by atomic mass is 9.85. The van der Waals surface area contributed by atoms with Crippen LogP contribution in [-0.2, 0) is 11.2 Å². The maximum absolute atomic E-state index is 13.3. The van der Waals surface area contributed by atoms with E-state index in [1.807, 2.05) is 4.90 Å². The number of nitrogens with zero attached hydrogens (tertiary/aromatic N) is 4. The molecule has 5 rings (SSSR count). The second-order valence-corrected chi connectivity index (χ2v) is 7.92. The number of methoxy groups -OCH3 is 1. The highest BCUT2D eigenvalue weighted by Crippen LogP contribution is 2.42. The van der Waals surface area contributed by atoms with Crippen molar-refractivity contribution in [2.75, 3.05) is 38.2 Å². The van der Waals surface area contributed by atoms with E-state index in [-0.39, 0.29) is 11.3 Å². The molecule has 2 aliphatic heterocycles. The van der Waals surface area contributed by atoms with Gasteiger partial charge in [0, 0.05) is 38.4 Å². The minimum absolute atomic E-state index is 0.281. The van der Waals surface area contributed by atoms with Crippen molar-refractivity contribution in [1.29, 1.82) is 0 Å². The van der Waals surface area contributed by atoms with Gasteiger partial charge in [-0.05, 0) is 36.0 Å². The Balaban J connectivity index is 1.30. The first-order chi connectivity index (χ1) is 13.7. The molecule has 6 heteroatoms. The first-order valence-corrected chi connectivity index (χ1v) is 9.87. The number of hydrogen-bond acceptors (Lipinski definition) is 5. The molecule has 1 atom stereocenters. The number of carbonyl (C=O) groups is 1. The molecule has 1 aliphatic carbocycles. The summed E-state index contributed by atoms with van der Waals surface area (Å²) in [6.07, 6.45) is 6.71. The third-order valence-electron chi connectivity index (χ3n) is 6.36. The van der Waals surface area contributed by atoms with Crippen LogP contribution in [0.1, 0.15) is 24.0 Å². The van der Waals surface area contributed by atoms with Gasteiger partial charge in [-0.1, -0.05) is 30.3 Å². The molecule has 1 aromatic heterocycles. The molecule has 2 aromatic rings. The van der Waals surface area contributed by atoms with E-state index >= 15 is 0 Å². The summed E-state index contributed by atoms with van der Waals surface area (Å²) in [5.41, 5.74) is 3.65. The summed E-state index contributed by atoms with van der Waals surface area (Å²) in [5.74, 6) is 1.48. The van der Waals surface area contributed by atoms with E-state index in [1.54, 1.807) is 19.4 Å². The van der Waals surface area contributed by atoms with Crippen LogP contribution in [0.3, 0.4) is 0 Å². The molecule has 2 saturated heterocycles.